The van der Waals surface area contributed by atoms with Gasteiger partial charge in [0, 0.05) is 17.7 Å². The molecule has 0 amide bonds. The number of hydrogen-bond donors (Lipinski definition) is 1. The lowest BCUT2D eigenvalue weighted by Crippen LogP contribution is -2.03. The fourth-order valence-corrected chi connectivity index (χ4v) is 2.54. The molecule has 1 aromatic heterocycles. The summed E-state index contributed by atoms with van der Waals surface area (Å²) in [7, 11) is 0. The van der Waals surface area contributed by atoms with Crippen LogP contribution in [0.5, 0.6) is 0 Å². The van der Waals surface area contributed by atoms with Gasteiger partial charge in [-0.1, -0.05) is 30.3 Å². The van der Waals surface area contributed by atoms with E-state index in [-0.39, 0.29) is 5.56 Å². The molecule has 3 nitrogen and oxygen atoms in total. The lowest BCUT2D eigenvalue weighted by atomic mass is 10.2. The van der Waals surface area contributed by atoms with Gasteiger partial charge in [-0.2, -0.15) is 11.8 Å². The highest BCUT2D eigenvalue weighted by atomic mass is 32.2. The van der Waals surface area contributed by atoms with Gasteiger partial charge in [0.15, 0.2) is 0 Å². The van der Waals surface area contributed by atoms with Crippen LogP contribution in [0.25, 0.3) is 0 Å². The number of carboxylic acid groups (broad SMARTS) is 1. The minimum absolute atomic E-state index is 0.290. The third kappa shape index (κ3) is 3.34. The first-order chi connectivity index (χ1) is 8.77. The molecule has 1 heterocycles. The second-order valence-electron chi connectivity index (χ2n) is 3.78. The smallest absolute Gasteiger partial charge is 0.337 e. The van der Waals surface area contributed by atoms with E-state index in [0.717, 1.165) is 5.75 Å². The molecule has 0 saturated heterocycles. The van der Waals surface area contributed by atoms with Gasteiger partial charge in [0.2, 0.25) is 0 Å². The Morgan fingerprint density at radius 3 is 2.61 bits per heavy atom. The van der Waals surface area contributed by atoms with Crippen LogP contribution < -0.4 is 0 Å². The molecule has 0 aliphatic heterocycles. The van der Waals surface area contributed by atoms with E-state index in [0.29, 0.717) is 11.4 Å². The molecule has 1 aromatic carbocycles. The molecule has 4 heteroatoms. The zero-order valence-corrected chi connectivity index (χ0v) is 10.6. The summed E-state index contributed by atoms with van der Waals surface area (Å²) >= 11 is 1.67. The van der Waals surface area contributed by atoms with E-state index in [2.05, 4.69) is 17.1 Å². The number of aromatic nitrogens is 1. The molecule has 0 saturated carbocycles. The Balaban J connectivity index is 1.97. The molecule has 0 spiro atoms. The molecule has 0 aliphatic carbocycles. The zero-order valence-electron chi connectivity index (χ0n) is 9.74. The van der Waals surface area contributed by atoms with Gasteiger partial charge in [-0.15, -0.1) is 0 Å². The van der Waals surface area contributed by atoms with Crippen molar-refractivity contribution in [1.82, 2.24) is 4.98 Å². The molecule has 2 aromatic rings. The van der Waals surface area contributed by atoms with E-state index in [1.165, 1.54) is 5.56 Å². The summed E-state index contributed by atoms with van der Waals surface area (Å²) in [6.45, 7) is 0. The number of pyridine rings is 1. The van der Waals surface area contributed by atoms with Gasteiger partial charge < -0.3 is 5.11 Å². The van der Waals surface area contributed by atoms with Gasteiger partial charge >= 0.3 is 5.97 Å². The van der Waals surface area contributed by atoms with Gasteiger partial charge in [-0.25, -0.2) is 4.79 Å². The first kappa shape index (κ1) is 12.6. The maximum absolute atomic E-state index is 11.0. The molecule has 0 radical (unpaired) electrons. The summed E-state index contributed by atoms with van der Waals surface area (Å²) in [5.41, 5.74) is 2.15. The second-order valence-corrected chi connectivity index (χ2v) is 4.77. The maximum atomic E-state index is 11.0. The Hall–Kier alpha value is -1.81. The van der Waals surface area contributed by atoms with E-state index in [1.807, 2.05) is 18.2 Å². The number of carbonyl (C=O) groups is 1. The number of carboxylic acids is 1. The van der Waals surface area contributed by atoms with Gasteiger partial charge in [0.25, 0.3) is 0 Å². The number of aromatic carboxylic acids is 1. The number of hydrogen-bond acceptors (Lipinski definition) is 3. The average molecular weight is 259 g/mol. The fourth-order valence-electron chi connectivity index (χ4n) is 1.59. The molecule has 0 fully saturated rings. The van der Waals surface area contributed by atoms with Crippen molar-refractivity contribution in [3.8, 4) is 0 Å². The van der Waals surface area contributed by atoms with Crippen molar-refractivity contribution in [1.29, 1.82) is 0 Å². The van der Waals surface area contributed by atoms with Crippen molar-refractivity contribution >= 4 is 17.7 Å². The summed E-state index contributed by atoms with van der Waals surface area (Å²) < 4.78 is 0. The first-order valence-corrected chi connectivity index (χ1v) is 6.71. The zero-order chi connectivity index (χ0) is 12.8. The van der Waals surface area contributed by atoms with Crippen LogP contribution >= 0.6 is 11.8 Å². The Morgan fingerprint density at radius 1 is 1.11 bits per heavy atom. The standard InChI is InChI=1S/C14H13NO2S/c16-14(17)12-7-4-8-15-13(12)10-18-9-11-5-2-1-3-6-11/h1-8H,9-10H2,(H,16,17). The van der Waals surface area contributed by atoms with Gasteiger partial charge in [-0.3, -0.25) is 4.98 Å². The van der Waals surface area contributed by atoms with Crippen LogP contribution in [-0.2, 0) is 11.5 Å². The molecule has 92 valence electrons. The quantitative estimate of drug-likeness (QED) is 0.895. The normalized spacial score (nSPS) is 10.2. The van der Waals surface area contributed by atoms with Gasteiger partial charge in [-0.05, 0) is 17.7 Å². The van der Waals surface area contributed by atoms with Crippen molar-refractivity contribution in [3.05, 3.63) is 65.5 Å². The third-order valence-electron chi connectivity index (χ3n) is 2.47. The lowest BCUT2D eigenvalue weighted by Gasteiger charge is -2.04. The predicted molar refractivity (Wildman–Crippen MR) is 72.6 cm³/mol. The number of benzene rings is 1. The molecule has 2 rings (SSSR count). The number of rotatable bonds is 5. The Morgan fingerprint density at radius 2 is 1.89 bits per heavy atom. The first-order valence-electron chi connectivity index (χ1n) is 5.56. The van der Waals surface area contributed by atoms with E-state index >= 15 is 0 Å². The summed E-state index contributed by atoms with van der Waals surface area (Å²) in [6, 6.07) is 13.3. The molecular weight excluding hydrogens is 246 g/mol. The van der Waals surface area contributed by atoms with E-state index in [9.17, 15) is 4.79 Å². The largest absolute Gasteiger partial charge is 0.478 e. The van der Waals surface area contributed by atoms with Gasteiger partial charge in [0.05, 0.1) is 11.3 Å². The van der Waals surface area contributed by atoms with Crippen LogP contribution in [0.1, 0.15) is 21.6 Å². The van der Waals surface area contributed by atoms with E-state index in [4.69, 9.17) is 5.11 Å². The Kier molecular flexibility index (Phi) is 4.36. The third-order valence-corrected chi connectivity index (χ3v) is 3.49. The number of nitrogens with zero attached hydrogens (tertiary/aromatic N) is 1. The van der Waals surface area contributed by atoms with Crippen molar-refractivity contribution in [2.45, 2.75) is 11.5 Å². The molecule has 0 aliphatic rings. The lowest BCUT2D eigenvalue weighted by molar-refractivity contribution is 0.0695. The van der Waals surface area contributed by atoms with Crippen molar-refractivity contribution in [2.24, 2.45) is 0 Å². The molecule has 0 atom stereocenters. The second kappa shape index (κ2) is 6.21. The Bertz CT molecular complexity index is 528. The summed E-state index contributed by atoms with van der Waals surface area (Å²) in [5, 5.41) is 9.03. The molecule has 0 unspecified atom stereocenters. The van der Waals surface area contributed by atoms with Crippen LogP contribution in [0, 0.1) is 0 Å². The van der Waals surface area contributed by atoms with Crippen LogP contribution in [0.3, 0.4) is 0 Å². The van der Waals surface area contributed by atoms with Crippen LogP contribution in [0.2, 0.25) is 0 Å². The highest BCUT2D eigenvalue weighted by molar-refractivity contribution is 7.97. The average Bonchev–Trinajstić information content (AvgIpc) is 2.40. The summed E-state index contributed by atoms with van der Waals surface area (Å²) in [4.78, 5) is 15.1. The topological polar surface area (TPSA) is 50.2 Å². The molecule has 0 bridgehead atoms. The Labute approximate surface area is 110 Å². The monoisotopic (exact) mass is 259 g/mol. The van der Waals surface area contributed by atoms with E-state index < -0.39 is 5.97 Å². The van der Waals surface area contributed by atoms with Crippen molar-refractivity contribution in [3.63, 3.8) is 0 Å². The minimum atomic E-state index is -0.918. The molecule has 18 heavy (non-hydrogen) atoms. The highest BCUT2D eigenvalue weighted by Crippen LogP contribution is 2.18. The minimum Gasteiger partial charge on any atom is -0.478 e. The SMILES string of the molecule is O=C(O)c1cccnc1CSCc1ccccc1. The van der Waals surface area contributed by atoms with E-state index in [1.54, 1.807) is 30.1 Å². The van der Waals surface area contributed by atoms with Crippen LogP contribution in [0.4, 0.5) is 0 Å². The molecule has 1 N–H and O–H groups in total. The number of thioether (sulfide) groups is 1. The van der Waals surface area contributed by atoms with Crippen LogP contribution in [-0.4, -0.2) is 16.1 Å². The maximum Gasteiger partial charge on any atom is 0.337 e. The predicted octanol–water partition coefficient (Wildman–Crippen LogP) is 3.21. The highest BCUT2D eigenvalue weighted by Gasteiger charge is 2.09. The van der Waals surface area contributed by atoms with Crippen LogP contribution in [0.15, 0.2) is 48.7 Å². The summed E-state index contributed by atoms with van der Waals surface area (Å²) in [5.74, 6) is 0.548. The van der Waals surface area contributed by atoms with Crippen molar-refractivity contribution in [2.75, 3.05) is 0 Å². The summed E-state index contributed by atoms with van der Waals surface area (Å²) in [6.07, 6.45) is 1.63. The molecular formula is C14H13NO2S. The fraction of sp³-hybridized carbons (Fsp3) is 0.143. The van der Waals surface area contributed by atoms with Crippen molar-refractivity contribution < 1.29 is 9.90 Å². The van der Waals surface area contributed by atoms with Gasteiger partial charge in [0.1, 0.15) is 0 Å².